The Bertz CT molecular complexity index is 784. The minimum Gasteiger partial charge on any atom is -0.495 e. The number of hydrogen-bond donors (Lipinski definition) is 0. The van der Waals surface area contributed by atoms with Gasteiger partial charge in [-0.3, -0.25) is 0 Å². The van der Waals surface area contributed by atoms with E-state index in [2.05, 4.69) is 0 Å². The zero-order chi connectivity index (χ0) is 18.6. The molecular weight excluding hydrogens is 352 g/mol. The highest BCUT2D eigenvalue weighted by atomic mass is 35.5. The second kappa shape index (κ2) is 7.88. The first-order valence-corrected chi connectivity index (χ1v) is 7.38. The number of anilines is 1. The molecule has 0 saturated heterocycles. The Morgan fingerprint density at radius 1 is 1.24 bits per heavy atom. The van der Waals surface area contributed by atoms with E-state index in [0.717, 1.165) is 0 Å². The standard InChI is InChI=1S/C16H15ClN2O6/c1-22-13-5-12(9(6-18)4-11(13)17)19-8-25-7-10(15(20)23-2)14(19)16(21)24-3/h4-5H,7-8H2,1-3H3. The number of carbonyl (C=O) groups is 2. The van der Waals surface area contributed by atoms with E-state index in [0.29, 0.717) is 5.75 Å². The van der Waals surface area contributed by atoms with Crippen LogP contribution in [0.2, 0.25) is 5.02 Å². The summed E-state index contributed by atoms with van der Waals surface area (Å²) in [6, 6.07) is 4.87. The van der Waals surface area contributed by atoms with Gasteiger partial charge in [-0.2, -0.15) is 5.26 Å². The van der Waals surface area contributed by atoms with Crippen LogP contribution in [-0.4, -0.2) is 46.6 Å². The fourth-order valence-corrected chi connectivity index (χ4v) is 2.59. The summed E-state index contributed by atoms with van der Waals surface area (Å²) in [6.45, 7) is -0.204. The Morgan fingerprint density at radius 3 is 2.48 bits per heavy atom. The fourth-order valence-electron chi connectivity index (χ4n) is 2.35. The Balaban J connectivity index is 2.70. The molecule has 0 atom stereocenters. The molecule has 1 aromatic carbocycles. The number of esters is 2. The maximum atomic E-state index is 12.3. The lowest BCUT2D eigenvalue weighted by molar-refractivity contribution is -0.140. The summed E-state index contributed by atoms with van der Waals surface area (Å²) in [6.07, 6.45) is 0. The molecule has 0 N–H and O–H groups in total. The number of hydrogen-bond acceptors (Lipinski definition) is 8. The molecule has 1 aromatic rings. The van der Waals surface area contributed by atoms with Crippen LogP contribution in [0.25, 0.3) is 0 Å². The second-order valence-corrected chi connectivity index (χ2v) is 5.24. The van der Waals surface area contributed by atoms with Gasteiger partial charge in [0.2, 0.25) is 0 Å². The van der Waals surface area contributed by atoms with E-state index in [9.17, 15) is 14.9 Å². The van der Waals surface area contributed by atoms with Crippen molar-refractivity contribution >= 4 is 29.2 Å². The van der Waals surface area contributed by atoms with Gasteiger partial charge in [0.05, 0.1) is 49.8 Å². The molecule has 25 heavy (non-hydrogen) atoms. The number of ether oxygens (including phenoxy) is 4. The quantitative estimate of drug-likeness (QED) is 0.741. The molecule has 0 aliphatic carbocycles. The molecule has 1 aliphatic heterocycles. The van der Waals surface area contributed by atoms with E-state index in [-0.39, 0.29) is 40.9 Å². The molecule has 9 heteroatoms. The Kier molecular flexibility index (Phi) is 5.85. The highest BCUT2D eigenvalue weighted by Gasteiger charge is 2.33. The molecule has 132 valence electrons. The number of halogens is 1. The molecule has 0 aromatic heterocycles. The fraction of sp³-hybridized carbons (Fsp3) is 0.312. The monoisotopic (exact) mass is 366 g/mol. The van der Waals surface area contributed by atoms with Gasteiger partial charge in [-0.1, -0.05) is 11.6 Å². The summed E-state index contributed by atoms with van der Waals surface area (Å²) in [4.78, 5) is 25.6. The van der Waals surface area contributed by atoms with Gasteiger partial charge in [-0.15, -0.1) is 0 Å². The van der Waals surface area contributed by atoms with Crippen molar-refractivity contribution in [3.8, 4) is 11.8 Å². The minimum absolute atomic E-state index is 0.0154. The number of methoxy groups -OCH3 is 3. The van der Waals surface area contributed by atoms with Crippen molar-refractivity contribution in [2.45, 2.75) is 0 Å². The molecule has 0 radical (unpaired) electrons. The second-order valence-electron chi connectivity index (χ2n) is 4.83. The van der Waals surface area contributed by atoms with Crippen LogP contribution in [0.1, 0.15) is 5.56 Å². The van der Waals surface area contributed by atoms with Crippen molar-refractivity contribution in [1.82, 2.24) is 0 Å². The van der Waals surface area contributed by atoms with Gasteiger partial charge in [0.1, 0.15) is 24.2 Å². The van der Waals surface area contributed by atoms with Crippen molar-refractivity contribution in [2.24, 2.45) is 0 Å². The van der Waals surface area contributed by atoms with Gasteiger partial charge in [-0.25, -0.2) is 9.59 Å². The van der Waals surface area contributed by atoms with Crippen LogP contribution < -0.4 is 9.64 Å². The summed E-state index contributed by atoms with van der Waals surface area (Å²) < 4.78 is 20.0. The number of nitrogens with zero attached hydrogens (tertiary/aromatic N) is 2. The van der Waals surface area contributed by atoms with Crippen molar-refractivity contribution in [2.75, 3.05) is 39.6 Å². The first-order valence-electron chi connectivity index (χ1n) is 7.01. The lowest BCUT2D eigenvalue weighted by Crippen LogP contribution is -2.39. The molecular formula is C16H15ClN2O6. The molecule has 0 unspecified atom stereocenters. The molecule has 0 bridgehead atoms. The van der Waals surface area contributed by atoms with E-state index in [1.54, 1.807) is 0 Å². The zero-order valence-corrected chi connectivity index (χ0v) is 14.5. The Morgan fingerprint density at radius 2 is 1.92 bits per heavy atom. The molecule has 8 nitrogen and oxygen atoms in total. The normalized spacial score (nSPS) is 14.0. The average molecular weight is 367 g/mol. The third kappa shape index (κ3) is 3.52. The van der Waals surface area contributed by atoms with Gasteiger partial charge in [0.25, 0.3) is 0 Å². The minimum atomic E-state index is -0.762. The first-order chi connectivity index (χ1) is 12.0. The molecule has 0 fully saturated rings. The predicted molar refractivity (Wildman–Crippen MR) is 87.1 cm³/mol. The average Bonchev–Trinajstić information content (AvgIpc) is 2.65. The van der Waals surface area contributed by atoms with Crippen LogP contribution >= 0.6 is 11.6 Å². The lowest BCUT2D eigenvalue weighted by atomic mass is 10.1. The number of rotatable bonds is 4. The predicted octanol–water partition coefficient (Wildman–Crippen LogP) is 1.61. The van der Waals surface area contributed by atoms with E-state index >= 15 is 0 Å². The molecule has 2 rings (SSSR count). The van der Waals surface area contributed by atoms with Crippen LogP contribution in [0.4, 0.5) is 5.69 Å². The molecule has 1 heterocycles. The third-order valence-corrected chi connectivity index (χ3v) is 3.81. The summed E-state index contributed by atoms with van der Waals surface area (Å²) in [5.74, 6) is -1.20. The van der Waals surface area contributed by atoms with Crippen LogP contribution in [0, 0.1) is 11.3 Å². The van der Waals surface area contributed by atoms with Gasteiger partial charge in [0.15, 0.2) is 0 Å². The van der Waals surface area contributed by atoms with E-state index in [1.807, 2.05) is 6.07 Å². The van der Waals surface area contributed by atoms with Crippen molar-refractivity contribution in [1.29, 1.82) is 5.26 Å². The summed E-state index contributed by atoms with van der Waals surface area (Å²) in [5, 5.41) is 9.63. The molecule has 0 saturated carbocycles. The number of benzene rings is 1. The maximum Gasteiger partial charge on any atom is 0.355 e. The van der Waals surface area contributed by atoms with Gasteiger partial charge < -0.3 is 23.8 Å². The molecule has 0 amide bonds. The Labute approximate surface area is 149 Å². The summed E-state index contributed by atoms with van der Waals surface area (Å²) in [7, 11) is 3.79. The van der Waals surface area contributed by atoms with Crippen LogP contribution in [0.5, 0.6) is 5.75 Å². The van der Waals surface area contributed by atoms with Crippen LogP contribution in [0.15, 0.2) is 23.4 Å². The zero-order valence-electron chi connectivity index (χ0n) is 13.8. The number of carbonyl (C=O) groups excluding carboxylic acids is 2. The van der Waals surface area contributed by atoms with E-state index in [4.69, 9.17) is 30.5 Å². The van der Waals surface area contributed by atoms with Gasteiger partial charge >= 0.3 is 11.9 Å². The first kappa shape index (κ1) is 18.6. The van der Waals surface area contributed by atoms with Crippen molar-refractivity contribution in [3.05, 3.63) is 34.0 Å². The van der Waals surface area contributed by atoms with Gasteiger partial charge in [0, 0.05) is 6.07 Å². The summed E-state index contributed by atoms with van der Waals surface area (Å²) in [5.41, 5.74) is 0.368. The van der Waals surface area contributed by atoms with Gasteiger partial charge in [-0.05, 0) is 6.07 Å². The molecule has 1 aliphatic rings. The number of nitriles is 1. The highest BCUT2D eigenvalue weighted by Crippen LogP contribution is 2.36. The molecule has 0 spiro atoms. The van der Waals surface area contributed by atoms with E-state index in [1.165, 1.54) is 38.4 Å². The summed E-state index contributed by atoms with van der Waals surface area (Å²) >= 11 is 6.04. The highest BCUT2D eigenvalue weighted by molar-refractivity contribution is 6.32. The van der Waals surface area contributed by atoms with Crippen molar-refractivity contribution in [3.63, 3.8) is 0 Å². The largest absolute Gasteiger partial charge is 0.495 e. The van der Waals surface area contributed by atoms with Crippen LogP contribution in [0.3, 0.4) is 0 Å². The van der Waals surface area contributed by atoms with Crippen LogP contribution in [-0.2, 0) is 23.8 Å². The topological polar surface area (TPSA) is 98.1 Å². The maximum absolute atomic E-state index is 12.3. The van der Waals surface area contributed by atoms with Crippen molar-refractivity contribution < 1.29 is 28.5 Å². The van der Waals surface area contributed by atoms with E-state index < -0.39 is 11.9 Å². The lowest BCUT2D eigenvalue weighted by Gasteiger charge is -2.32. The smallest absolute Gasteiger partial charge is 0.355 e. The Hall–Kier alpha value is -2.76. The SMILES string of the molecule is COC(=O)C1=C(C(=O)OC)N(c2cc(OC)c(Cl)cc2C#N)COC1. The third-order valence-electron chi connectivity index (χ3n) is 3.51.